The average molecular weight is 303 g/mol. The Morgan fingerprint density at radius 2 is 1.86 bits per heavy atom. The zero-order valence-corrected chi connectivity index (χ0v) is 13.6. The second-order valence-corrected chi connectivity index (χ2v) is 8.03. The summed E-state index contributed by atoms with van der Waals surface area (Å²) in [5.41, 5.74) is 0. The van der Waals surface area contributed by atoms with Crippen molar-refractivity contribution in [2.24, 2.45) is 5.92 Å². The largest absolute Gasteiger partial charge is 0.352 e. The second-order valence-electron chi connectivity index (χ2n) is 6.57. The minimum atomic E-state index is -0.190. The number of amides is 1. The minimum absolute atomic E-state index is 0.190. The van der Waals surface area contributed by atoms with Gasteiger partial charge in [-0.05, 0) is 50.7 Å². The van der Waals surface area contributed by atoms with Gasteiger partial charge in [0, 0.05) is 10.9 Å². The molecule has 0 aromatic heterocycles. The van der Waals surface area contributed by atoms with E-state index in [2.05, 4.69) is 24.4 Å². The molecule has 2 nitrogen and oxygen atoms in total. The van der Waals surface area contributed by atoms with Crippen LogP contribution >= 0.6 is 11.8 Å². The molecule has 0 heterocycles. The summed E-state index contributed by atoms with van der Waals surface area (Å²) < 4.78 is -0.190. The summed E-state index contributed by atoms with van der Waals surface area (Å²) >= 11 is 1.74. The number of rotatable bonds is 5. The fourth-order valence-corrected chi connectivity index (χ4v) is 4.50. The van der Waals surface area contributed by atoms with E-state index in [0.29, 0.717) is 12.0 Å². The van der Waals surface area contributed by atoms with Crippen LogP contribution in [0.1, 0.15) is 51.9 Å². The predicted molar refractivity (Wildman–Crippen MR) is 88.4 cm³/mol. The van der Waals surface area contributed by atoms with Crippen molar-refractivity contribution in [3.8, 4) is 0 Å². The molecule has 1 N–H and O–H groups in total. The highest BCUT2D eigenvalue weighted by molar-refractivity contribution is 8.01. The Morgan fingerprint density at radius 1 is 1.19 bits per heavy atom. The number of thioether (sulfide) groups is 1. The third kappa shape index (κ3) is 3.63. The van der Waals surface area contributed by atoms with Crippen molar-refractivity contribution in [1.82, 2.24) is 5.32 Å². The Balaban J connectivity index is 1.57. The summed E-state index contributed by atoms with van der Waals surface area (Å²) in [5, 5.41) is 3.31. The van der Waals surface area contributed by atoms with Crippen molar-refractivity contribution in [1.29, 1.82) is 0 Å². The SMILES string of the molecule is C[C@H](NC(=O)C1(Sc2ccccc2)CC1)C1CCCCC1. The van der Waals surface area contributed by atoms with E-state index in [1.54, 1.807) is 11.8 Å². The Kier molecular flexibility index (Phi) is 4.58. The van der Waals surface area contributed by atoms with E-state index < -0.39 is 0 Å². The molecule has 0 saturated heterocycles. The summed E-state index contributed by atoms with van der Waals surface area (Å²) in [5.74, 6) is 0.939. The molecule has 3 rings (SSSR count). The van der Waals surface area contributed by atoms with Crippen LogP contribution in [0.3, 0.4) is 0 Å². The van der Waals surface area contributed by atoms with E-state index in [4.69, 9.17) is 0 Å². The first kappa shape index (κ1) is 15.0. The molecular weight excluding hydrogens is 278 g/mol. The van der Waals surface area contributed by atoms with E-state index in [1.165, 1.54) is 37.0 Å². The van der Waals surface area contributed by atoms with Gasteiger partial charge >= 0.3 is 0 Å². The minimum Gasteiger partial charge on any atom is -0.352 e. The van der Waals surface area contributed by atoms with E-state index >= 15 is 0 Å². The molecule has 1 aromatic carbocycles. The van der Waals surface area contributed by atoms with Gasteiger partial charge in [-0.1, -0.05) is 37.5 Å². The van der Waals surface area contributed by atoms with Crippen LogP contribution in [0.2, 0.25) is 0 Å². The van der Waals surface area contributed by atoms with Gasteiger partial charge in [0.15, 0.2) is 0 Å². The van der Waals surface area contributed by atoms with Crippen LogP contribution in [0.25, 0.3) is 0 Å². The summed E-state index contributed by atoms with van der Waals surface area (Å²) in [6.07, 6.45) is 8.60. The van der Waals surface area contributed by atoms with Gasteiger partial charge < -0.3 is 5.32 Å². The molecule has 2 fully saturated rings. The van der Waals surface area contributed by atoms with Gasteiger partial charge in [0.25, 0.3) is 0 Å². The Bertz CT molecular complexity index is 477. The molecule has 1 amide bonds. The van der Waals surface area contributed by atoms with Gasteiger partial charge in [-0.25, -0.2) is 0 Å². The molecule has 3 heteroatoms. The number of benzene rings is 1. The topological polar surface area (TPSA) is 29.1 Å². The first-order valence-electron chi connectivity index (χ1n) is 8.25. The van der Waals surface area contributed by atoms with Crippen LogP contribution in [-0.4, -0.2) is 16.7 Å². The Labute approximate surface area is 132 Å². The number of nitrogens with one attached hydrogen (secondary N) is 1. The molecule has 2 aliphatic carbocycles. The molecule has 1 aromatic rings. The van der Waals surface area contributed by atoms with Gasteiger partial charge in [0.2, 0.25) is 5.91 Å². The third-order valence-electron chi connectivity index (χ3n) is 4.89. The van der Waals surface area contributed by atoms with Crippen molar-refractivity contribution in [3.05, 3.63) is 30.3 Å². The van der Waals surface area contributed by atoms with Gasteiger partial charge in [-0.3, -0.25) is 4.79 Å². The third-order valence-corrected chi connectivity index (χ3v) is 6.38. The molecule has 0 aliphatic heterocycles. The van der Waals surface area contributed by atoms with Gasteiger partial charge in [-0.2, -0.15) is 0 Å². The van der Waals surface area contributed by atoms with Crippen molar-refractivity contribution < 1.29 is 4.79 Å². The molecule has 114 valence electrons. The summed E-state index contributed by atoms with van der Waals surface area (Å²) in [7, 11) is 0. The fraction of sp³-hybridized carbons (Fsp3) is 0.611. The molecular formula is C18H25NOS. The predicted octanol–water partition coefficient (Wildman–Crippen LogP) is 4.40. The highest BCUT2D eigenvalue weighted by atomic mass is 32.2. The lowest BCUT2D eigenvalue weighted by atomic mass is 9.84. The van der Waals surface area contributed by atoms with Crippen LogP contribution in [0.15, 0.2) is 35.2 Å². The smallest absolute Gasteiger partial charge is 0.236 e. The normalized spacial score (nSPS) is 22.5. The zero-order chi connectivity index (χ0) is 14.7. The lowest BCUT2D eigenvalue weighted by molar-refractivity contribution is -0.122. The highest BCUT2D eigenvalue weighted by Crippen LogP contribution is 2.52. The average Bonchev–Trinajstić information content (AvgIpc) is 3.30. The molecule has 2 aliphatic rings. The molecule has 1 atom stereocenters. The quantitative estimate of drug-likeness (QED) is 0.873. The monoisotopic (exact) mass is 303 g/mol. The first-order chi connectivity index (χ1) is 10.2. The first-order valence-corrected chi connectivity index (χ1v) is 9.06. The van der Waals surface area contributed by atoms with Crippen LogP contribution in [0, 0.1) is 5.92 Å². The van der Waals surface area contributed by atoms with Crippen LogP contribution in [-0.2, 0) is 4.79 Å². The Morgan fingerprint density at radius 3 is 2.48 bits per heavy atom. The van der Waals surface area contributed by atoms with Crippen LogP contribution < -0.4 is 5.32 Å². The van der Waals surface area contributed by atoms with Crippen LogP contribution in [0.5, 0.6) is 0 Å². The molecule has 0 spiro atoms. The zero-order valence-electron chi connectivity index (χ0n) is 12.8. The van der Waals surface area contributed by atoms with Gasteiger partial charge in [0.05, 0.1) is 4.75 Å². The number of carbonyl (C=O) groups excluding carboxylic acids is 1. The van der Waals surface area contributed by atoms with E-state index in [1.807, 2.05) is 18.2 Å². The summed E-state index contributed by atoms with van der Waals surface area (Å²) in [4.78, 5) is 13.9. The maximum absolute atomic E-state index is 12.7. The van der Waals surface area contributed by atoms with Gasteiger partial charge in [-0.15, -0.1) is 11.8 Å². The highest BCUT2D eigenvalue weighted by Gasteiger charge is 2.51. The maximum Gasteiger partial charge on any atom is 0.236 e. The maximum atomic E-state index is 12.7. The second kappa shape index (κ2) is 6.43. The van der Waals surface area contributed by atoms with E-state index in [9.17, 15) is 4.79 Å². The molecule has 2 saturated carbocycles. The molecule has 0 radical (unpaired) electrons. The molecule has 0 bridgehead atoms. The standard InChI is InChI=1S/C18H25NOS/c1-14(15-8-4-2-5-9-15)19-17(20)18(12-13-18)21-16-10-6-3-7-11-16/h3,6-7,10-11,14-15H,2,4-5,8-9,12-13H2,1H3,(H,19,20)/t14-/m0/s1. The number of hydrogen-bond acceptors (Lipinski definition) is 2. The fourth-order valence-electron chi connectivity index (χ4n) is 3.29. The lowest BCUT2D eigenvalue weighted by Crippen LogP contribution is -2.44. The van der Waals surface area contributed by atoms with Crippen molar-refractivity contribution in [2.45, 2.75) is 67.6 Å². The Hall–Kier alpha value is -0.960. The van der Waals surface area contributed by atoms with E-state index in [-0.39, 0.29) is 10.7 Å². The molecule has 0 unspecified atom stereocenters. The molecule has 21 heavy (non-hydrogen) atoms. The van der Waals surface area contributed by atoms with Crippen molar-refractivity contribution >= 4 is 17.7 Å². The van der Waals surface area contributed by atoms with Crippen molar-refractivity contribution in [3.63, 3.8) is 0 Å². The summed E-state index contributed by atoms with van der Waals surface area (Å²) in [6.45, 7) is 2.19. The van der Waals surface area contributed by atoms with Crippen molar-refractivity contribution in [2.75, 3.05) is 0 Å². The lowest BCUT2D eigenvalue weighted by Gasteiger charge is -2.29. The number of hydrogen-bond donors (Lipinski definition) is 1. The van der Waals surface area contributed by atoms with Gasteiger partial charge in [0.1, 0.15) is 0 Å². The summed E-state index contributed by atoms with van der Waals surface area (Å²) in [6, 6.07) is 10.6. The number of carbonyl (C=O) groups is 1. The van der Waals surface area contributed by atoms with Crippen LogP contribution in [0.4, 0.5) is 0 Å². The van der Waals surface area contributed by atoms with E-state index in [0.717, 1.165) is 12.8 Å².